The number of rotatable bonds is 9. The minimum absolute atomic E-state index is 0.00400. The molecule has 0 saturated carbocycles. The van der Waals surface area contributed by atoms with Crippen LogP contribution in [0.1, 0.15) is 22.2 Å². The quantitative estimate of drug-likeness (QED) is 0.486. The fourth-order valence-electron chi connectivity index (χ4n) is 3.03. The van der Waals surface area contributed by atoms with E-state index in [1.807, 2.05) is 25.1 Å². The molecule has 1 atom stereocenters. The molecular weight excluding hydrogens is 454 g/mol. The number of carbonyl (C=O) groups is 1. The fraction of sp³-hybridized carbons (Fsp3) is 0.227. The number of anilines is 1. The molecule has 2 aromatic carbocycles. The van der Waals surface area contributed by atoms with Gasteiger partial charge in [-0.05, 0) is 68.7 Å². The summed E-state index contributed by atoms with van der Waals surface area (Å²) in [5, 5.41) is 2.82. The predicted molar refractivity (Wildman–Crippen MR) is 123 cm³/mol. The molecule has 2 N–H and O–H groups in total. The van der Waals surface area contributed by atoms with Crippen molar-refractivity contribution in [2.45, 2.75) is 10.9 Å². The van der Waals surface area contributed by atoms with E-state index in [1.165, 1.54) is 25.3 Å². The number of likely N-dealkylation sites (N-methyl/N-ethyl adjacent to an activating group) is 1. The number of benzene rings is 2. The largest absolute Gasteiger partial charge is 0.497 e. The van der Waals surface area contributed by atoms with Crippen molar-refractivity contribution in [2.75, 3.05) is 32.5 Å². The summed E-state index contributed by atoms with van der Waals surface area (Å²) in [6, 6.07) is 13.9. The van der Waals surface area contributed by atoms with E-state index in [1.54, 1.807) is 36.6 Å². The molecule has 0 radical (unpaired) electrons. The van der Waals surface area contributed by atoms with Gasteiger partial charge in [-0.25, -0.2) is 8.42 Å². The molecule has 0 saturated heterocycles. The number of nitrogens with zero attached hydrogens (tertiary/aromatic N) is 1. The second kappa shape index (κ2) is 10.1. The maximum Gasteiger partial charge on any atom is 0.263 e. The lowest BCUT2D eigenvalue weighted by molar-refractivity contribution is 0.0939. The van der Waals surface area contributed by atoms with Crippen molar-refractivity contribution in [1.82, 2.24) is 10.2 Å². The molecule has 1 heterocycles. The van der Waals surface area contributed by atoms with E-state index in [9.17, 15) is 13.2 Å². The number of ether oxygens (including phenoxy) is 1. The fourth-order valence-corrected chi connectivity index (χ4v) is 4.62. The van der Waals surface area contributed by atoms with Gasteiger partial charge in [0.25, 0.3) is 15.9 Å². The van der Waals surface area contributed by atoms with Gasteiger partial charge in [0, 0.05) is 17.8 Å². The third-order valence-corrected chi connectivity index (χ3v) is 6.64. The minimum atomic E-state index is -4.03. The highest BCUT2D eigenvalue weighted by Gasteiger charge is 2.22. The number of amides is 1. The van der Waals surface area contributed by atoms with Gasteiger partial charge in [0.2, 0.25) is 0 Å². The van der Waals surface area contributed by atoms with Gasteiger partial charge in [-0.3, -0.25) is 14.4 Å². The number of hydrogen-bond acceptors (Lipinski definition) is 6. The highest BCUT2D eigenvalue weighted by molar-refractivity contribution is 7.92. The Kier molecular flexibility index (Phi) is 7.44. The van der Waals surface area contributed by atoms with Crippen LogP contribution >= 0.6 is 11.6 Å². The third-order valence-electron chi connectivity index (χ3n) is 4.78. The molecule has 0 aliphatic rings. The molecular formula is C22H24ClN3O5S. The van der Waals surface area contributed by atoms with Crippen LogP contribution in [-0.4, -0.2) is 47.0 Å². The summed E-state index contributed by atoms with van der Waals surface area (Å²) in [5.41, 5.74) is 0.505. The van der Waals surface area contributed by atoms with Crippen LogP contribution in [0, 0.1) is 0 Å². The highest BCUT2D eigenvalue weighted by atomic mass is 35.5. The summed E-state index contributed by atoms with van der Waals surface area (Å²) in [6.07, 6.45) is 1.57. The van der Waals surface area contributed by atoms with Crippen LogP contribution in [0.5, 0.6) is 5.75 Å². The van der Waals surface area contributed by atoms with Crippen LogP contribution in [0.3, 0.4) is 0 Å². The Morgan fingerprint density at radius 2 is 1.88 bits per heavy atom. The van der Waals surface area contributed by atoms with Crippen molar-refractivity contribution in [3.8, 4) is 5.75 Å². The molecule has 1 unspecified atom stereocenters. The zero-order valence-electron chi connectivity index (χ0n) is 17.8. The molecule has 0 spiro atoms. The molecule has 0 bridgehead atoms. The van der Waals surface area contributed by atoms with Crippen molar-refractivity contribution in [3.05, 3.63) is 77.2 Å². The van der Waals surface area contributed by atoms with Gasteiger partial charge in [0.1, 0.15) is 16.4 Å². The summed E-state index contributed by atoms with van der Waals surface area (Å²) in [6.45, 7) is 0.272. The van der Waals surface area contributed by atoms with Crippen molar-refractivity contribution in [2.24, 2.45) is 0 Å². The van der Waals surface area contributed by atoms with Crippen molar-refractivity contribution >= 4 is 33.2 Å². The van der Waals surface area contributed by atoms with Crippen LogP contribution in [0.2, 0.25) is 5.02 Å². The standard InChI is InChI=1S/C22H24ClN3O5S/c1-26(2)19(20-5-4-12-31-20)14-24-22(27)15-6-11-18(23)21(13-15)32(28,29)25-16-7-9-17(30-3)10-8-16/h4-13,19,25H,14H2,1-3H3,(H,24,27). The van der Waals surface area contributed by atoms with Gasteiger partial charge in [-0.1, -0.05) is 11.6 Å². The third kappa shape index (κ3) is 5.61. The Hall–Kier alpha value is -3.01. The van der Waals surface area contributed by atoms with Gasteiger partial charge in [0.15, 0.2) is 0 Å². The second-order valence-corrected chi connectivity index (χ2v) is 9.24. The Morgan fingerprint density at radius 3 is 2.47 bits per heavy atom. The van der Waals surface area contributed by atoms with E-state index < -0.39 is 15.9 Å². The van der Waals surface area contributed by atoms with Crippen LogP contribution < -0.4 is 14.8 Å². The second-order valence-electron chi connectivity index (χ2n) is 7.18. The topological polar surface area (TPSA) is 101 Å². The van der Waals surface area contributed by atoms with Crippen molar-refractivity contribution in [3.63, 3.8) is 0 Å². The number of furan rings is 1. The molecule has 0 aliphatic heterocycles. The predicted octanol–water partition coefficient (Wildman–Crippen LogP) is 3.78. The molecule has 3 rings (SSSR count). The molecule has 1 aromatic heterocycles. The number of nitrogens with one attached hydrogen (secondary N) is 2. The molecule has 0 aliphatic carbocycles. The van der Waals surface area contributed by atoms with E-state index >= 15 is 0 Å². The lowest BCUT2D eigenvalue weighted by Gasteiger charge is -2.22. The van der Waals surface area contributed by atoms with E-state index in [0.29, 0.717) is 17.2 Å². The van der Waals surface area contributed by atoms with Gasteiger partial charge in [-0.15, -0.1) is 0 Å². The van der Waals surface area contributed by atoms with Crippen LogP contribution in [0.4, 0.5) is 5.69 Å². The molecule has 1 amide bonds. The number of sulfonamides is 1. The van der Waals surface area contributed by atoms with Crippen LogP contribution in [-0.2, 0) is 10.0 Å². The molecule has 32 heavy (non-hydrogen) atoms. The summed E-state index contributed by atoms with van der Waals surface area (Å²) in [7, 11) is 1.24. The Balaban J connectivity index is 1.77. The number of hydrogen-bond donors (Lipinski definition) is 2. The highest BCUT2D eigenvalue weighted by Crippen LogP contribution is 2.26. The molecule has 3 aromatic rings. The number of methoxy groups -OCH3 is 1. The van der Waals surface area contributed by atoms with Gasteiger partial charge >= 0.3 is 0 Å². The van der Waals surface area contributed by atoms with Crippen LogP contribution in [0.15, 0.2) is 70.2 Å². The Morgan fingerprint density at radius 1 is 1.16 bits per heavy atom. The molecule has 10 heteroatoms. The summed E-state index contributed by atoms with van der Waals surface area (Å²) >= 11 is 6.15. The van der Waals surface area contributed by atoms with Crippen molar-refractivity contribution in [1.29, 1.82) is 0 Å². The lowest BCUT2D eigenvalue weighted by atomic mass is 10.1. The summed E-state index contributed by atoms with van der Waals surface area (Å²) < 4.78 is 38.7. The summed E-state index contributed by atoms with van der Waals surface area (Å²) in [4.78, 5) is 14.4. The molecule has 8 nitrogen and oxygen atoms in total. The smallest absolute Gasteiger partial charge is 0.263 e. The molecule has 170 valence electrons. The first-order valence-corrected chi connectivity index (χ1v) is 11.5. The van der Waals surface area contributed by atoms with E-state index in [4.69, 9.17) is 20.8 Å². The monoisotopic (exact) mass is 477 g/mol. The zero-order chi connectivity index (χ0) is 23.3. The van der Waals surface area contributed by atoms with E-state index in [0.717, 1.165) is 0 Å². The average molecular weight is 478 g/mol. The molecule has 0 fully saturated rings. The van der Waals surface area contributed by atoms with Gasteiger partial charge in [-0.2, -0.15) is 0 Å². The number of carbonyl (C=O) groups excluding carboxylic acids is 1. The first-order chi connectivity index (χ1) is 15.2. The van der Waals surface area contributed by atoms with E-state index in [-0.39, 0.29) is 28.1 Å². The van der Waals surface area contributed by atoms with Gasteiger partial charge < -0.3 is 14.5 Å². The lowest BCUT2D eigenvalue weighted by Crippen LogP contribution is -2.34. The van der Waals surface area contributed by atoms with E-state index in [2.05, 4.69) is 10.0 Å². The average Bonchev–Trinajstić information content (AvgIpc) is 3.28. The minimum Gasteiger partial charge on any atom is -0.497 e. The van der Waals surface area contributed by atoms with Crippen LogP contribution in [0.25, 0.3) is 0 Å². The Bertz CT molecular complexity index is 1160. The normalized spacial score (nSPS) is 12.4. The SMILES string of the molecule is COc1ccc(NS(=O)(=O)c2cc(C(=O)NCC(c3ccco3)N(C)C)ccc2Cl)cc1. The number of halogens is 1. The maximum absolute atomic E-state index is 12.9. The van der Waals surface area contributed by atoms with Gasteiger partial charge in [0.05, 0.1) is 24.4 Å². The van der Waals surface area contributed by atoms with Crippen molar-refractivity contribution < 1.29 is 22.4 Å². The first-order valence-electron chi connectivity index (χ1n) is 9.65. The maximum atomic E-state index is 12.9. The first kappa shape index (κ1) is 23.6. The Labute approximate surface area is 192 Å². The summed E-state index contributed by atoms with van der Waals surface area (Å²) in [5.74, 6) is 0.870. The zero-order valence-corrected chi connectivity index (χ0v) is 19.4.